The predicted molar refractivity (Wildman–Crippen MR) is 118 cm³/mol. The molecular weight excluding hydrogens is 414 g/mol. The first-order chi connectivity index (χ1) is 14.7. The van der Waals surface area contributed by atoms with E-state index in [0.717, 1.165) is 18.4 Å². The molecule has 2 aliphatic heterocycles. The molecule has 2 aromatic rings. The lowest BCUT2D eigenvalue weighted by molar-refractivity contribution is -0.125. The van der Waals surface area contributed by atoms with Crippen LogP contribution in [0.5, 0.6) is 0 Å². The fourth-order valence-corrected chi connectivity index (χ4v) is 5.75. The van der Waals surface area contributed by atoms with Crippen LogP contribution >= 0.6 is 0 Å². The molecule has 0 bridgehead atoms. The lowest BCUT2D eigenvalue weighted by Gasteiger charge is -2.20. The van der Waals surface area contributed by atoms with Gasteiger partial charge in [0.2, 0.25) is 21.8 Å². The SMILES string of the molecule is CC1(C)C(=O)N(CC(=O)NCc2ccccc2)c2ccc(S(=O)(=O)N3CCCC3)cc21. The van der Waals surface area contributed by atoms with Crippen molar-refractivity contribution in [2.24, 2.45) is 0 Å². The number of benzene rings is 2. The fourth-order valence-electron chi connectivity index (χ4n) is 4.20. The molecule has 7 nitrogen and oxygen atoms in total. The third kappa shape index (κ3) is 3.97. The van der Waals surface area contributed by atoms with Crippen molar-refractivity contribution < 1.29 is 18.0 Å². The molecule has 0 unspecified atom stereocenters. The first-order valence-electron chi connectivity index (χ1n) is 10.5. The molecule has 2 amide bonds. The van der Waals surface area contributed by atoms with Gasteiger partial charge in [0.25, 0.3) is 0 Å². The molecule has 1 saturated heterocycles. The molecule has 0 atom stereocenters. The van der Waals surface area contributed by atoms with Crippen molar-refractivity contribution in [2.75, 3.05) is 24.5 Å². The second kappa shape index (κ2) is 8.09. The average Bonchev–Trinajstić information content (AvgIpc) is 3.36. The summed E-state index contributed by atoms with van der Waals surface area (Å²) in [4.78, 5) is 27.3. The number of nitrogens with zero attached hydrogens (tertiary/aromatic N) is 2. The number of carbonyl (C=O) groups is 2. The highest BCUT2D eigenvalue weighted by molar-refractivity contribution is 7.89. The standard InChI is InChI=1S/C23H27N3O4S/c1-23(2)19-14-18(31(29,30)25-12-6-7-13-25)10-11-20(19)26(22(23)28)16-21(27)24-15-17-8-4-3-5-9-17/h3-5,8-11,14H,6-7,12-13,15-16H2,1-2H3,(H,24,27). The summed E-state index contributed by atoms with van der Waals surface area (Å²) in [7, 11) is -3.58. The second-order valence-electron chi connectivity index (χ2n) is 8.57. The van der Waals surface area contributed by atoms with E-state index in [0.29, 0.717) is 30.9 Å². The van der Waals surface area contributed by atoms with Crippen LogP contribution in [-0.4, -0.2) is 44.2 Å². The Hall–Kier alpha value is -2.71. The van der Waals surface area contributed by atoms with Crippen LogP contribution in [0.4, 0.5) is 5.69 Å². The Morgan fingerprint density at radius 3 is 2.42 bits per heavy atom. The Kier molecular flexibility index (Phi) is 5.61. The second-order valence-corrected chi connectivity index (χ2v) is 10.5. The van der Waals surface area contributed by atoms with E-state index < -0.39 is 15.4 Å². The molecule has 2 aliphatic rings. The van der Waals surface area contributed by atoms with E-state index in [1.807, 2.05) is 30.3 Å². The van der Waals surface area contributed by atoms with Gasteiger partial charge in [0, 0.05) is 25.3 Å². The van der Waals surface area contributed by atoms with Gasteiger partial charge in [0.1, 0.15) is 6.54 Å². The van der Waals surface area contributed by atoms with Gasteiger partial charge in [-0.1, -0.05) is 30.3 Å². The highest BCUT2D eigenvalue weighted by Gasteiger charge is 2.45. The number of hydrogen-bond acceptors (Lipinski definition) is 4. The molecule has 4 rings (SSSR count). The largest absolute Gasteiger partial charge is 0.350 e. The molecule has 0 aliphatic carbocycles. The fraction of sp³-hybridized carbons (Fsp3) is 0.391. The van der Waals surface area contributed by atoms with Crippen molar-refractivity contribution >= 4 is 27.5 Å². The number of rotatable bonds is 6. The van der Waals surface area contributed by atoms with Crippen molar-refractivity contribution in [3.8, 4) is 0 Å². The molecule has 1 N–H and O–H groups in total. The summed E-state index contributed by atoms with van der Waals surface area (Å²) in [6.45, 7) is 4.85. The Morgan fingerprint density at radius 2 is 1.74 bits per heavy atom. The summed E-state index contributed by atoms with van der Waals surface area (Å²) in [6.07, 6.45) is 1.72. The third-order valence-corrected chi connectivity index (χ3v) is 7.94. The molecule has 0 spiro atoms. The van der Waals surface area contributed by atoms with Gasteiger partial charge in [0.05, 0.1) is 10.3 Å². The third-order valence-electron chi connectivity index (χ3n) is 6.05. The smallest absolute Gasteiger partial charge is 0.243 e. The maximum absolute atomic E-state index is 13.1. The Morgan fingerprint density at radius 1 is 1.06 bits per heavy atom. The topological polar surface area (TPSA) is 86.8 Å². The van der Waals surface area contributed by atoms with Crippen molar-refractivity contribution in [3.63, 3.8) is 0 Å². The number of carbonyl (C=O) groups excluding carboxylic acids is 2. The van der Waals surface area contributed by atoms with E-state index in [9.17, 15) is 18.0 Å². The summed E-state index contributed by atoms with van der Waals surface area (Å²) in [6, 6.07) is 14.3. The number of fused-ring (bicyclic) bond motifs is 1. The van der Waals surface area contributed by atoms with Crippen molar-refractivity contribution in [1.82, 2.24) is 9.62 Å². The molecule has 2 heterocycles. The molecule has 8 heteroatoms. The molecule has 0 radical (unpaired) electrons. The van der Waals surface area contributed by atoms with Crippen LogP contribution in [0.2, 0.25) is 0 Å². The van der Waals surface area contributed by atoms with E-state index >= 15 is 0 Å². The number of nitrogens with one attached hydrogen (secondary N) is 1. The average molecular weight is 442 g/mol. The number of anilines is 1. The van der Waals surface area contributed by atoms with Crippen LogP contribution in [0.3, 0.4) is 0 Å². The summed E-state index contributed by atoms with van der Waals surface area (Å²) in [5.74, 6) is -0.484. The summed E-state index contributed by atoms with van der Waals surface area (Å²) >= 11 is 0. The van der Waals surface area contributed by atoms with Gasteiger partial charge in [0.15, 0.2) is 0 Å². The minimum atomic E-state index is -3.58. The first kappa shape index (κ1) is 21.5. The van der Waals surface area contributed by atoms with Gasteiger partial charge in [-0.25, -0.2) is 8.42 Å². The number of amides is 2. The highest BCUT2D eigenvalue weighted by Crippen LogP contribution is 2.42. The quantitative estimate of drug-likeness (QED) is 0.746. The highest BCUT2D eigenvalue weighted by atomic mass is 32.2. The van der Waals surface area contributed by atoms with Crippen LogP contribution in [0.1, 0.15) is 37.8 Å². The zero-order chi connectivity index (χ0) is 22.2. The van der Waals surface area contributed by atoms with Gasteiger partial charge >= 0.3 is 0 Å². The minimum Gasteiger partial charge on any atom is -0.350 e. The van der Waals surface area contributed by atoms with Gasteiger partial charge in [-0.2, -0.15) is 4.31 Å². The summed E-state index contributed by atoms with van der Waals surface area (Å²) < 4.78 is 27.4. The Balaban J connectivity index is 1.56. The van der Waals surface area contributed by atoms with E-state index in [4.69, 9.17) is 0 Å². The lowest BCUT2D eigenvalue weighted by Crippen LogP contribution is -2.42. The molecule has 164 valence electrons. The van der Waals surface area contributed by atoms with Gasteiger partial charge in [-0.3, -0.25) is 9.59 Å². The van der Waals surface area contributed by atoms with Crippen molar-refractivity contribution in [3.05, 3.63) is 59.7 Å². The van der Waals surface area contributed by atoms with Gasteiger partial charge < -0.3 is 10.2 Å². The Labute approximate surface area is 183 Å². The van der Waals surface area contributed by atoms with Crippen LogP contribution in [0, 0.1) is 0 Å². The summed E-state index contributed by atoms with van der Waals surface area (Å²) in [5, 5.41) is 2.84. The van der Waals surface area contributed by atoms with Crippen LogP contribution in [0.25, 0.3) is 0 Å². The van der Waals surface area contributed by atoms with Crippen LogP contribution in [-0.2, 0) is 31.6 Å². The Bertz CT molecular complexity index is 1110. The molecular formula is C23H27N3O4S. The number of sulfonamides is 1. The zero-order valence-corrected chi connectivity index (χ0v) is 18.6. The predicted octanol–water partition coefficient (Wildman–Crippen LogP) is 2.41. The summed E-state index contributed by atoms with van der Waals surface area (Å²) in [5.41, 5.74) is 1.28. The number of hydrogen-bond donors (Lipinski definition) is 1. The molecule has 0 aromatic heterocycles. The van der Waals surface area contributed by atoms with E-state index in [1.54, 1.807) is 26.0 Å². The van der Waals surface area contributed by atoms with E-state index in [2.05, 4.69) is 5.32 Å². The lowest BCUT2D eigenvalue weighted by atomic mass is 9.86. The maximum atomic E-state index is 13.1. The minimum absolute atomic E-state index is 0.111. The van der Waals surface area contributed by atoms with Crippen LogP contribution in [0.15, 0.2) is 53.4 Å². The molecule has 31 heavy (non-hydrogen) atoms. The first-order valence-corrected chi connectivity index (χ1v) is 11.9. The van der Waals surface area contributed by atoms with Crippen molar-refractivity contribution in [2.45, 2.75) is 43.5 Å². The molecule has 2 aromatic carbocycles. The maximum Gasteiger partial charge on any atom is 0.243 e. The normalized spacial score (nSPS) is 18.3. The molecule has 1 fully saturated rings. The van der Waals surface area contributed by atoms with E-state index in [-0.39, 0.29) is 23.3 Å². The van der Waals surface area contributed by atoms with Gasteiger partial charge in [-0.05, 0) is 56.0 Å². The van der Waals surface area contributed by atoms with Crippen LogP contribution < -0.4 is 10.2 Å². The molecule has 0 saturated carbocycles. The zero-order valence-electron chi connectivity index (χ0n) is 17.8. The van der Waals surface area contributed by atoms with Gasteiger partial charge in [-0.15, -0.1) is 0 Å². The van der Waals surface area contributed by atoms with E-state index in [1.165, 1.54) is 15.3 Å². The monoisotopic (exact) mass is 441 g/mol. The van der Waals surface area contributed by atoms with Crippen molar-refractivity contribution in [1.29, 1.82) is 0 Å².